The van der Waals surface area contributed by atoms with Gasteiger partial charge in [-0.2, -0.15) is 0 Å². The summed E-state index contributed by atoms with van der Waals surface area (Å²) in [6, 6.07) is 3.81. The van der Waals surface area contributed by atoms with E-state index in [2.05, 4.69) is 12.2 Å². The normalized spacial score (nSPS) is 12.5. The first-order chi connectivity index (χ1) is 19.6. The molecule has 1 rings (SSSR count). The van der Waals surface area contributed by atoms with E-state index in [0.29, 0.717) is 6.42 Å². The van der Waals surface area contributed by atoms with E-state index in [0.717, 1.165) is 19.3 Å². The van der Waals surface area contributed by atoms with Gasteiger partial charge in [0.2, 0.25) is 0 Å². The highest BCUT2D eigenvalue weighted by Crippen LogP contribution is 2.21. The highest BCUT2D eigenvalue weighted by atomic mass is 35.5. The molecule has 2 N–H and O–H groups in total. The maximum Gasteiger partial charge on any atom is 0.344 e. The van der Waals surface area contributed by atoms with Gasteiger partial charge in [0.15, 0.2) is 11.4 Å². The Labute approximate surface area is 252 Å². The van der Waals surface area contributed by atoms with Crippen molar-refractivity contribution in [1.29, 1.82) is 0 Å². The smallest absolute Gasteiger partial charge is 0.344 e. The Hall–Kier alpha value is -2.43. The van der Waals surface area contributed by atoms with Gasteiger partial charge >= 0.3 is 11.9 Å². The van der Waals surface area contributed by atoms with E-state index in [1.54, 1.807) is 0 Å². The molecule has 1 amide bonds. The van der Waals surface area contributed by atoms with Gasteiger partial charge in [0.05, 0.1) is 11.0 Å². The van der Waals surface area contributed by atoms with E-state index in [9.17, 15) is 29.6 Å². The van der Waals surface area contributed by atoms with Gasteiger partial charge in [-0.25, -0.2) is 4.79 Å². The van der Waals surface area contributed by atoms with Crippen molar-refractivity contribution in [1.82, 2.24) is 5.32 Å². The quantitative estimate of drug-likeness (QED) is 0.0465. The molecule has 10 nitrogen and oxygen atoms in total. The number of amides is 1. The highest BCUT2D eigenvalue weighted by Gasteiger charge is 2.27. The number of halogens is 2. The molecule has 0 unspecified atom stereocenters. The summed E-state index contributed by atoms with van der Waals surface area (Å²) in [4.78, 5) is 44.9. The lowest BCUT2D eigenvalue weighted by atomic mass is 10.0. The molecule has 1 aromatic rings. The van der Waals surface area contributed by atoms with Gasteiger partial charge in [-0.05, 0) is 24.1 Å². The van der Waals surface area contributed by atoms with Crippen LogP contribution in [0.25, 0.3) is 0 Å². The Bertz CT molecular complexity index is 915. The second-order valence-corrected chi connectivity index (χ2v) is 11.1. The standard InChI is InChI=1S/C29H44Cl2N2O8/c1-2-3-4-5-6-7-8-9-10-11-12-13-14-15-25(34)41-21-26(35)40-20-24(32-29(37)28(30)31)27(36)22-16-18-23(19-17-22)33(38)39/h16-19,24,27-28,36H,2-15,20-21H2,1H3,(H,32,37)/t24-,27-/m1/s1. The van der Waals surface area contributed by atoms with Crippen molar-refractivity contribution < 1.29 is 33.9 Å². The maximum absolute atomic E-state index is 12.1. The van der Waals surface area contributed by atoms with Crippen molar-refractivity contribution in [3.63, 3.8) is 0 Å². The van der Waals surface area contributed by atoms with Crippen LogP contribution >= 0.6 is 23.2 Å². The fraction of sp³-hybridized carbons (Fsp3) is 0.690. The largest absolute Gasteiger partial charge is 0.461 e. The van der Waals surface area contributed by atoms with Crippen molar-refractivity contribution in [2.24, 2.45) is 0 Å². The third-order valence-electron chi connectivity index (χ3n) is 6.61. The molecule has 0 saturated carbocycles. The van der Waals surface area contributed by atoms with Gasteiger partial charge in [-0.15, -0.1) is 0 Å². The number of carbonyl (C=O) groups is 3. The van der Waals surface area contributed by atoms with Crippen LogP contribution in [0.2, 0.25) is 0 Å². The molecular formula is C29H44Cl2N2O8. The summed E-state index contributed by atoms with van der Waals surface area (Å²) in [5, 5.41) is 23.9. The number of alkyl halides is 2. The molecule has 0 spiro atoms. The average molecular weight is 620 g/mol. The Balaban J connectivity index is 2.29. The predicted molar refractivity (Wildman–Crippen MR) is 158 cm³/mol. The number of non-ortho nitro benzene ring substituents is 1. The number of rotatable bonds is 23. The number of hydrogen-bond acceptors (Lipinski definition) is 8. The molecule has 232 valence electrons. The Morgan fingerprint density at radius 3 is 1.85 bits per heavy atom. The number of nitro groups is 1. The summed E-state index contributed by atoms with van der Waals surface area (Å²) in [6.45, 7) is 1.13. The zero-order valence-corrected chi connectivity index (χ0v) is 25.4. The van der Waals surface area contributed by atoms with Crippen molar-refractivity contribution in [2.45, 2.75) is 114 Å². The molecule has 12 heteroatoms. The van der Waals surface area contributed by atoms with E-state index in [-0.39, 0.29) is 17.7 Å². The number of nitrogens with one attached hydrogen (secondary N) is 1. The van der Waals surface area contributed by atoms with Crippen LogP contribution in [0, 0.1) is 10.1 Å². The minimum absolute atomic E-state index is 0.185. The fourth-order valence-corrected chi connectivity index (χ4v) is 4.33. The van der Waals surface area contributed by atoms with Crippen LogP contribution in [0.3, 0.4) is 0 Å². The molecule has 0 aromatic heterocycles. The molecule has 0 aliphatic rings. The lowest BCUT2D eigenvalue weighted by molar-refractivity contribution is -0.384. The van der Waals surface area contributed by atoms with Gasteiger partial charge in [-0.3, -0.25) is 19.7 Å². The first kappa shape index (κ1) is 36.6. The number of ether oxygens (including phenoxy) is 2. The molecule has 0 aliphatic carbocycles. The Morgan fingerprint density at radius 1 is 0.854 bits per heavy atom. The Kier molecular flexibility index (Phi) is 19.8. The summed E-state index contributed by atoms with van der Waals surface area (Å²) in [7, 11) is 0. The van der Waals surface area contributed by atoms with Crippen molar-refractivity contribution >= 4 is 46.7 Å². The van der Waals surface area contributed by atoms with Crippen LogP contribution in [0.5, 0.6) is 0 Å². The summed E-state index contributed by atoms with van der Waals surface area (Å²) in [6.07, 6.45) is 14.3. The minimum Gasteiger partial charge on any atom is -0.461 e. The first-order valence-electron chi connectivity index (χ1n) is 14.5. The molecule has 0 saturated heterocycles. The number of carbonyl (C=O) groups excluding carboxylic acids is 3. The molecule has 1 aromatic carbocycles. The lowest BCUT2D eigenvalue weighted by Crippen LogP contribution is -2.45. The van der Waals surface area contributed by atoms with Crippen LogP contribution in [-0.2, 0) is 23.9 Å². The topological polar surface area (TPSA) is 145 Å². The van der Waals surface area contributed by atoms with E-state index in [4.69, 9.17) is 32.7 Å². The summed E-state index contributed by atoms with van der Waals surface area (Å²) >= 11 is 11.1. The lowest BCUT2D eigenvalue weighted by Gasteiger charge is -2.24. The van der Waals surface area contributed by atoms with Crippen molar-refractivity contribution in [2.75, 3.05) is 13.2 Å². The number of aliphatic hydroxyl groups is 1. The van der Waals surface area contributed by atoms with Gasteiger partial charge in [0.1, 0.15) is 12.7 Å². The van der Waals surface area contributed by atoms with Crippen LogP contribution in [-0.4, -0.2) is 52.0 Å². The molecular weight excluding hydrogens is 575 g/mol. The number of nitro benzene ring substituents is 1. The van der Waals surface area contributed by atoms with Crippen LogP contribution < -0.4 is 5.32 Å². The molecule has 0 fully saturated rings. The van der Waals surface area contributed by atoms with Gasteiger partial charge < -0.3 is 19.9 Å². The van der Waals surface area contributed by atoms with Crippen molar-refractivity contribution in [3.05, 3.63) is 39.9 Å². The average Bonchev–Trinajstić information content (AvgIpc) is 2.95. The monoisotopic (exact) mass is 618 g/mol. The second-order valence-electron chi connectivity index (χ2n) is 10.0. The van der Waals surface area contributed by atoms with E-state index >= 15 is 0 Å². The van der Waals surface area contributed by atoms with E-state index < -0.39 is 53.0 Å². The molecule has 0 bridgehead atoms. The van der Waals surface area contributed by atoms with E-state index in [1.807, 2.05) is 0 Å². The number of esters is 2. The predicted octanol–water partition coefficient (Wildman–Crippen LogP) is 6.48. The maximum atomic E-state index is 12.1. The molecule has 2 atom stereocenters. The third kappa shape index (κ3) is 17.2. The number of benzene rings is 1. The van der Waals surface area contributed by atoms with Gasteiger partial charge in [0.25, 0.3) is 11.6 Å². The Morgan fingerprint density at radius 2 is 1.37 bits per heavy atom. The SMILES string of the molecule is CCCCCCCCCCCCCCCC(=O)OCC(=O)OC[C@@H](NC(=O)C(Cl)Cl)[C@H](O)c1ccc([N+](=O)[O-])cc1. The summed E-state index contributed by atoms with van der Waals surface area (Å²) < 4.78 is 10.1. The zero-order valence-electron chi connectivity index (χ0n) is 23.9. The second kappa shape index (κ2) is 22.2. The number of hydrogen-bond donors (Lipinski definition) is 2. The zero-order chi connectivity index (χ0) is 30.5. The third-order valence-corrected chi connectivity index (χ3v) is 7.01. The number of unbranched alkanes of at least 4 members (excludes halogenated alkanes) is 12. The van der Waals surface area contributed by atoms with Crippen LogP contribution in [0.1, 0.15) is 108 Å². The number of nitrogens with zero attached hydrogens (tertiary/aromatic N) is 1. The molecule has 41 heavy (non-hydrogen) atoms. The fourth-order valence-electron chi connectivity index (χ4n) is 4.21. The highest BCUT2D eigenvalue weighted by molar-refractivity contribution is 6.53. The molecule has 0 aliphatic heterocycles. The van der Waals surface area contributed by atoms with Crippen molar-refractivity contribution in [3.8, 4) is 0 Å². The van der Waals surface area contributed by atoms with E-state index in [1.165, 1.54) is 82.1 Å². The first-order valence-corrected chi connectivity index (χ1v) is 15.3. The van der Waals surface area contributed by atoms with Crippen LogP contribution in [0.15, 0.2) is 24.3 Å². The number of aliphatic hydroxyl groups excluding tert-OH is 1. The molecule has 0 heterocycles. The minimum atomic E-state index is -1.44. The summed E-state index contributed by atoms with van der Waals surface area (Å²) in [5.41, 5.74) is 0.0389. The van der Waals surface area contributed by atoms with Crippen LogP contribution in [0.4, 0.5) is 5.69 Å². The molecule has 0 radical (unpaired) electrons. The van der Waals surface area contributed by atoms with Gasteiger partial charge in [-0.1, -0.05) is 107 Å². The van der Waals surface area contributed by atoms with Gasteiger partial charge in [0, 0.05) is 18.6 Å². The summed E-state index contributed by atoms with van der Waals surface area (Å²) in [5.74, 6) is -2.21.